The van der Waals surface area contributed by atoms with Crippen LogP contribution in [0.25, 0.3) is 0 Å². The van der Waals surface area contributed by atoms with Gasteiger partial charge in [0.2, 0.25) is 11.8 Å². The third-order valence-corrected chi connectivity index (χ3v) is 4.14. The number of carbonyl (C=O) groups excluding carboxylic acids is 2. The van der Waals surface area contributed by atoms with Crippen LogP contribution in [0.1, 0.15) is 25.3 Å². The Labute approximate surface area is 132 Å². The van der Waals surface area contributed by atoms with Crippen LogP contribution in [-0.2, 0) is 16.1 Å². The second-order valence-electron chi connectivity index (χ2n) is 5.69. The number of likely N-dealkylation sites (N-methyl/N-ethyl adjacent to an activating group) is 1. The minimum absolute atomic E-state index is 0.0651. The van der Waals surface area contributed by atoms with E-state index in [2.05, 4.69) is 12.2 Å². The molecule has 1 heterocycles. The topological polar surface area (TPSA) is 52.7 Å². The van der Waals surface area contributed by atoms with Crippen LogP contribution in [-0.4, -0.2) is 54.3 Å². The summed E-state index contributed by atoms with van der Waals surface area (Å²) in [6, 6.07) is 10.1. The molecule has 2 rings (SSSR count). The zero-order valence-electron chi connectivity index (χ0n) is 13.4. The Balaban J connectivity index is 2.12. The lowest BCUT2D eigenvalue weighted by Crippen LogP contribution is -2.45. The summed E-state index contributed by atoms with van der Waals surface area (Å²) < 4.78 is 0. The van der Waals surface area contributed by atoms with Crippen molar-refractivity contribution in [3.05, 3.63) is 35.9 Å². The highest BCUT2D eigenvalue weighted by molar-refractivity contribution is 5.81. The van der Waals surface area contributed by atoms with Crippen molar-refractivity contribution < 1.29 is 9.59 Å². The molecule has 1 aromatic rings. The number of hydrogen-bond acceptors (Lipinski definition) is 3. The molecule has 1 fully saturated rings. The third-order valence-electron chi connectivity index (χ3n) is 4.14. The number of nitrogens with zero attached hydrogens (tertiary/aromatic N) is 2. The second kappa shape index (κ2) is 7.94. The minimum Gasteiger partial charge on any atom is -0.339 e. The summed E-state index contributed by atoms with van der Waals surface area (Å²) in [6.07, 6.45) is 1.25. The van der Waals surface area contributed by atoms with Crippen LogP contribution in [0, 0.1) is 0 Å². The maximum absolute atomic E-state index is 12.5. The van der Waals surface area contributed by atoms with Gasteiger partial charge in [0.25, 0.3) is 0 Å². The molecule has 5 nitrogen and oxygen atoms in total. The van der Waals surface area contributed by atoms with Crippen LogP contribution < -0.4 is 5.32 Å². The van der Waals surface area contributed by atoms with Gasteiger partial charge in [-0.15, -0.1) is 0 Å². The van der Waals surface area contributed by atoms with Crippen LogP contribution in [0.15, 0.2) is 30.3 Å². The van der Waals surface area contributed by atoms with E-state index in [1.165, 1.54) is 0 Å². The molecule has 1 atom stereocenters. The highest BCUT2D eigenvalue weighted by Gasteiger charge is 2.30. The van der Waals surface area contributed by atoms with Crippen molar-refractivity contribution in [1.82, 2.24) is 15.1 Å². The number of nitrogens with one attached hydrogen (secondary N) is 1. The lowest BCUT2D eigenvalue weighted by molar-refractivity contribution is -0.133. The molecule has 1 aliphatic rings. The number of rotatable bonds is 5. The van der Waals surface area contributed by atoms with E-state index in [0.29, 0.717) is 32.6 Å². The van der Waals surface area contributed by atoms with Crippen molar-refractivity contribution in [2.24, 2.45) is 0 Å². The lowest BCUT2D eigenvalue weighted by atomic mass is 10.1. The van der Waals surface area contributed by atoms with E-state index in [9.17, 15) is 9.59 Å². The van der Waals surface area contributed by atoms with E-state index in [1.807, 2.05) is 40.1 Å². The number of benzene rings is 1. The molecule has 2 amide bonds. The van der Waals surface area contributed by atoms with Gasteiger partial charge in [-0.25, -0.2) is 0 Å². The molecule has 1 saturated heterocycles. The molecule has 0 aromatic heterocycles. The van der Waals surface area contributed by atoms with Crippen molar-refractivity contribution in [3.8, 4) is 0 Å². The van der Waals surface area contributed by atoms with Crippen molar-refractivity contribution in [2.45, 2.75) is 32.4 Å². The Hall–Kier alpha value is -1.88. The summed E-state index contributed by atoms with van der Waals surface area (Å²) in [5, 5.41) is 2.89. The zero-order chi connectivity index (χ0) is 15.9. The smallest absolute Gasteiger partial charge is 0.236 e. The van der Waals surface area contributed by atoms with Crippen molar-refractivity contribution in [2.75, 3.05) is 26.7 Å². The zero-order valence-corrected chi connectivity index (χ0v) is 13.4. The molecule has 0 spiro atoms. The molecule has 120 valence electrons. The van der Waals surface area contributed by atoms with E-state index in [-0.39, 0.29) is 17.9 Å². The summed E-state index contributed by atoms with van der Waals surface area (Å²) >= 11 is 0. The molecule has 22 heavy (non-hydrogen) atoms. The summed E-state index contributed by atoms with van der Waals surface area (Å²) in [4.78, 5) is 28.3. The quantitative estimate of drug-likeness (QED) is 0.890. The maximum atomic E-state index is 12.5. The third kappa shape index (κ3) is 4.07. The van der Waals surface area contributed by atoms with E-state index < -0.39 is 0 Å². The average molecular weight is 303 g/mol. The van der Waals surface area contributed by atoms with Gasteiger partial charge < -0.3 is 15.1 Å². The van der Waals surface area contributed by atoms with Gasteiger partial charge in [0, 0.05) is 32.1 Å². The Morgan fingerprint density at radius 3 is 2.68 bits per heavy atom. The van der Waals surface area contributed by atoms with Gasteiger partial charge in [-0.2, -0.15) is 0 Å². The highest BCUT2D eigenvalue weighted by atomic mass is 16.2. The van der Waals surface area contributed by atoms with Gasteiger partial charge in [-0.1, -0.05) is 37.3 Å². The molecule has 1 aromatic carbocycles. The summed E-state index contributed by atoms with van der Waals surface area (Å²) in [6.45, 7) is 4.15. The molecule has 1 N–H and O–H groups in total. The normalized spacial score (nSPS) is 19.2. The number of carbonyl (C=O) groups is 2. The molecule has 0 bridgehead atoms. The fourth-order valence-corrected chi connectivity index (χ4v) is 2.86. The molecule has 1 unspecified atom stereocenters. The van der Waals surface area contributed by atoms with Gasteiger partial charge in [0.1, 0.15) is 0 Å². The fraction of sp³-hybridized carbons (Fsp3) is 0.529. The first-order valence-corrected chi connectivity index (χ1v) is 7.91. The maximum Gasteiger partial charge on any atom is 0.236 e. The predicted molar refractivity (Wildman–Crippen MR) is 86.2 cm³/mol. The first-order valence-electron chi connectivity index (χ1n) is 7.91. The fourth-order valence-electron chi connectivity index (χ4n) is 2.86. The standard InChI is InChI=1S/C17H25N3O2/c1-3-15-13-19(17(22)11-18-2)10-9-16(21)20(15)12-14-7-5-4-6-8-14/h4-8,15,18H,3,9-13H2,1-2H3. The summed E-state index contributed by atoms with van der Waals surface area (Å²) in [7, 11) is 1.76. The van der Waals surface area contributed by atoms with Crippen molar-refractivity contribution in [3.63, 3.8) is 0 Å². The van der Waals surface area contributed by atoms with Crippen LogP contribution in [0.2, 0.25) is 0 Å². The molecular formula is C17H25N3O2. The average Bonchev–Trinajstić information content (AvgIpc) is 2.69. The second-order valence-corrected chi connectivity index (χ2v) is 5.69. The minimum atomic E-state index is 0.0651. The van der Waals surface area contributed by atoms with Crippen molar-refractivity contribution in [1.29, 1.82) is 0 Å². The van der Waals surface area contributed by atoms with Gasteiger partial charge in [-0.05, 0) is 19.0 Å². The van der Waals surface area contributed by atoms with Gasteiger partial charge in [0.15, 0.2) is 0 Å². The summed E-state index contributed by atoms with van der Waals surface area (Å²) in [5.74, 6) is 0.200. The predicted octanol–water partition coefficient (Wildman–Crippen LogP) is 1.25. The first-order chi connectivity index (χ1) is 10.7. The molecular weight excluding hydrogens is 278 g/mol. The van der Waals surface area contributed by atoms with Gasteiger partial charge >= 0.3 is 0 Å². The van der Waals surface area contributed by atoms with Crippen LogP contribution in [0.3, 0.4) is 0 Å². The van der Waals surface area contributed by atoms with Gasteiger partial charge in [-0.3, -0.25) is 9.59 Å². The Morgan fingerprint density at radius 2 is 2.05 bits per heavy atom. The number of hydrogen-bond donors (Lipinski definition) is 1. The first kappa shape index (κ1) is 16.5. The van der Waals surface area contributed by atoms with E-state index in [0.717, 1.165) is 12.0 Å². The monoisotopic (exact) mass is 303 g/mol. The molecule has 1 aliphatic heterocycles. The summed E-state index contributed by atoms with van der Waals surface area (Å²) in [5.41, 5.74) is 1.13. The van der Waals surface area contributed by atoms with Crippen LogP contribution in [0.5, 0.6) is 0 Å². The molecule has 5 heteroatoms. The van der Waals surface area contributed by atoms with Crippen LogP contribution >= 0.6 is 0 Å². The lowest BCUT2D eigenvalue weighted by Gasteiger charge is -2.31. The molecule has 0 aliphatic carbocycles. The number of amides is 2. The molecule has 0 saturated carbocycles. The Bertz CT molecular complexity index is 504. The Morgan fingerprint density at radius 1 is 1.32 bits per heavy atom. The van der Waals surface area contributed by atoms with E-state index in [1.54, 1.807) is 7.05 Å². The highest BCUT2D eigenvalue weighted by Crippen LogP contribution is 2.17. The van der Waals surface area contributed by atoms with E-state index >= 15 is 0 Å². The van der Waals surface area contributed by atoms with E-state index in [4.69, 9.17) is 0 Å². The SMILES string of the molecule is CCC1CN(C(=O)CNC)CCC(=O)N1Cc1ccccc1. The van der Waals surface area contributed by atoms with Gasteiger partial charge in [0.05, 0.1) is 6.54 Å². The van der Waals surface area contributed by atoms with Crippen molar-refractivity contribution >= 4 is 11.8 Å². The van der Waals surface area contributed by atoms with Crippen LogP contribution in [0.4, 0.5) is 0 Å². The molecule has 0 radical (unpaired) electrons. The largest absolute Gasteiger partial charge is 0.339 e. The Kier molecular flexibility index (Phi) is 5.95.